The van der Waals surface area contributed by atoms with Crippen LogP contribution in [0.25, 0.3) is 0 Å². The van der Waals surface area contributed by atoms with Crippen molar-refractivity contribution in [2.24, 2.45) is 35.0 Å². The molecule has 3 rings (SSSR count). The fourth-order valence-corrected chi connectivity index (χ4v) is 4.98. The summed E-state index contributed by atoms with van der Waals surface area (Å²) in [6.45, 7) is 9.75. The molecule has 84 valence electrons. The summed E-state index contributed by atoms with van der Waals surface area (Å²) in [7, 11) is 0. The number of fused-ring (bicyclic) bond motifs is 1. The smallest absolute Gasteiger partial charge is 0.0102 e. The molecule has 3 aliphatic carbocycles. The molecule has 1 spiro atoms. The molecule has 0 bridgehead atoms. The molecular weight excluding hydrogens is 180 g/mol. The molecule has 0 aromatic heterocycles. The molecule has 0 nitrogen and oxygen atoms in total. The number of hydrogen-bond donors (Lipinski definition) is 0. The van der Waals surface area contributed by atoms with Crippen LogP contribution in [0, 0.1) is 35.0 Å². The van der Waals surface area contributed by atoms with Gasteiger partial charge in [0.15, 0.2) is 0 Å². The lowest BCUT2D eigenvalue weighted by molar-refractivity contribution is 0.283. The van der Waals surface area contributed by atoms with Crippen molar-refractivity contribution < 1.29 is 0 Å². The summed E-state index contributed by atoms with van der Waals surface area (Å²) >= 11 is 0. The molecule has 0 aliphatic heterocycles. The van der Waals surface area contributed by atoms with E-state index in [0.29, 0.717) is 0 Å². The van der Waals surface area contributed by atoms with Gasteiger partial charge in [-0.1, -0.05) is 39.3 Å². The minimum atomic E-state index is 0.772. The molecule has 2 fully saturated rings. The molecule has 5 atom stereocenters. The van der Waals surface area contributed by atoms with Crippen LogP contribution in [0.15, 0.2) is 11.6 Å². The summed E-state index contributed by atoms with van der Waals surface area (Å²) in [4.78, 5) is 0. The Morgan fingerprint density at radius 2 is 2.07 bits per heavy atom. The molecule has 0 heterocycles. The summed E-state index contributed by atoms with van der Waals surface area (Å²) < 4.78 is 0. The van der Waals surface area contributed by atoms with E-state index in [1.54, 1.807) is 0 Å². The van der Waals surface area contributed by atoms with Gasteiger partial charge < -0.3 is 0 Å². The SMILES string of the molecule is CC(C)C1=CC[C@H](C)C23CC[C@@H](C)[C@@H]2[C@H]13. The second-order valence-electron chi connectivity index (χ2n) is 6.63. The summed E-state index contributed by atoms with van der Waals surface area (Å²) in [6, 6.07) is 0. The molecule has 0 saturated heterocycles. The highest BCUT2D eigenvalue weighted by Gasteiger charge is 2.72. The second kappa shape index (κ2) is 2.90. The van der Waals surface area contributed by atoms with Gasteiger partial charge in [-0.05, 0) is 54.3 Å². The van der Waals surface area contributed by atoms with Crippen molar-refractivity contribution >= 4 is 0 Å². The number of rotatable bonds is 1. The van der Waals surface area contributed by atoms with Gasteiger partial charge in [0.05, 0.1) is 0 Å². The van der Waals surface area contributed by atoms with Crippen molar-refractivity contribution in [2.45, 2.75) is 47.0 Å². The van der Waals surface area contributed by atoms with E-state index in [9.17, 15) is 0 Å². The minimum Gasteiger partial charge on any atom is -0.0845 e. The van der Waals surface area contributed by atoms with Crippen LogP contribution in [0.5, 0.6) is 0 Å². The molecule has 1 unspecified atom stereocenters. The fourth-order valence-electron chi connectivity index (χ4n) is 4.98. The first-order valence-electron chi connectivity index (χ1n) is 6.79. The predicted molar refractivity (Wildman–Crippen MR) is 64.5 cm³/mol. The summed E-state index contributed by atoms with van der Waals surface area (Å²) in [5.41, 5.74) is 2.58. The lowest BCUT2D eigenvalue weighted by atomic mass is 9.75. The van der Waals surface area contributed by atoms with Crippen LogP contribution in [0.4, 0.5) is 0 Å². The monoisotopic (exact) mass is 204 g/mol. The quantitative estimate of drug-likeness (QED) is 0.559. The standard InChI is InChI=1S/C15H24/c1-9(2)12-6-5-11(4)15-8-7-10(3)13(15)14(12)15/h6,9-11,13-14H,5,7-8H2,1-4H3/t10-,11+,13-,14+,15?/m1/s1. The van der Waals surface area contributed by atoms with Gasteiger partial charge in [-0.2, -0.15) is 0 Å². The Labute approximate surface area is 94.1 Å². The lowest BCUT2D eigenvalue weighted by Gasteiger charge is -2.29. The third-order valence-electron chi connectivity index (χ3n) is 5.75. The molecule has 2 saturated carbocycles. The van der Waals surface area contributed by atoms with E-state index in [0.717, 1.165) is 35.0 Å². The van der Waals surface area contributed by atoms with E-state index in [1.807, 2.05) is 5.57 Å². The largest absolute Gasteiger partial charge is 0.0845 e. The van der Waals surface area contributed by atoms with Crippen molar-refractivity contribution in [3.05, 3.63) is 11.6 Å². The second-order valence-corrected chi connectivity index (χ2v) is 6.63. The maximum atomic E-state index is 2.58. The van der Waals surface area contributed by atoms with E-state index in [2.05, 4.69) is 33.8 Å². The average Bonchev–Trinajstić information content (AvgIpc) is 2.75. The Bertz CT molecular complexity index is 312. The molecule has 0 N–H and O–H groups in total. The predicted octanol–water partition coefficient (Wildman–Crippen LogP) is 4.27. The Kier molecular flexibility index (Phi) is 1.92. The van der Waals surface area contributed by atoms with Gasteiger partial charge in [0.1, 0.15) is 0 Å². The molecular formula is C15H24. The molecule has 0 amide bonds. The zero-order valence-corrected chi connectivity index (χ0v) is 10.6. The minimum absolute atomic E-state index is 0.772. The van der Waals surface area contributed by atoms with Crippen LogP contribution in [0.1, 0.15) is 47.0 Å². The van der Waals surface area contributed by atoms with Crippen molar-refractivity contribution in [3.8, 4) is 0 Å². The van der Waals surface area contributed by atoms with Crippen molar-refractivity contribution in [1.29, 1.82) is 0 Å². The zero-order valence-electron chi connectivity index (χ0n) is 10.6. The van der Waals surface area contributed by atoms with Gasteiger partial charge >= 0.3 is 0 Å². The van der Waals surface area contributed by atoms with Crippen molar-refractivity contribution in [3.63, 3.8) is 0 Å². The zero-order chi connectivity index (χ0) is 10.8. The van der Waals surface area contributed by atoms with E-state index in [-0.39, 0.29) is 0 Å². The number of allylic oxidation sites excluding steroid dienone is 2. The van der Waals surface area contributed by atoms with Crippen LogP contribution < -0.4 is 0 Å². The van der Waals surface area contributed by atoms with Crippen LogP contribution in [0.2, 0.25) is 0 Å². The van der Waals surface area contributed by atoms with Gasteiger partial charge in [0.25, 0.3) is 0 Å². The molecule has 0 heteroatoms. The van der Waals surface area contributed by atoms with Gasteiger partial charge in [-0.3, -0.25) is 0 Å². The first-order valence-corrected chi connectivity index (χ1v) is 6.79. The third kappa shape index (κ3) is 1.04. The first-order chi connectivity index (χ1) is 7.09. The molecule has 0 aromatic carbocycles. The number of hydrogen-bond acceptors (Lipinski definition) is 0. The Hall–Kier alpha value is -0.260. The normalized spacial score (nSPS) is 52.5. The highest BCUT2D eigenvalue weighted by Crippen LogP contribution is 2.78. The summed E-state index contributed by atoms with van der Waals surface area (Å²) in [6.07, 6.45) is 6.95. The van der Waals surface area contributed by atoms with Gasteiger partial charge in [0.2, 0.25) is 0 Å². The summed E-state index contributed by atoms with van der Waals surface area (Å²) in [5.74, 6) is 4.79. The van der Waals surface area contributed by atoms with Crippen LogP contribution in [0.3, 0.4) is 0 Å². The van der Waals surface area contributed by atoms with Crippen LogP contribution in [-0.4, -0.2) is 0 Å². The van der Waals surface area contributed by atoms with Crippen molar-refractivity contribution in [1.82, 2.24) is 0 Å². The summed E-state index contributed by atoms with van der Waals surface area (Å²) in [5, 5.41) is 0. The first kappa shape index (κ1) is 9.93. The molecule has 0 aromatic rings. The fraction of sp³-hybridized carbons (Fsp3) is 0.867. The Morgan fingerprint density at radius 3 is 2.73 bits per heavy atom. The maximum Gasteiger partial charge on any atom is -0.0102 e. The lowest BCUT2D eigenvalue weighted by Crippen LogP contribution is -2.20. The van der Waals surface area contributed by atoms with Crippen LogP contribution >= 0.6 is 0 Å². The van der Waals surface area contributed by atoms with Crippen LogP contribution in [-0.2, 0) is 0 Å². The molecule has 3 aliphatic rings. The molecule has 0 radical (unpaired) electrons. The topological polar surface area (TPSA) is 0 Å². The third-order valence-corrected chi connectivity index (χ3v) is 5.75. The highest BCUT2D eigenvalue weighted by atomic mass is 14.8. The highest BCUT2D eigenvalue weighted by molar-refractivity contribution is 5.34. The van der Waals surface area contributed by atoms with E-state index < -0.39 is 0 Å². The Balaban J connectivity index is 1.96. The van der Waals surface area contributed by atoms with Crippen molar-refractivity contribution in [2.75, 3.05) is 0 Å². The van der Waals surface area contributed by atoms with E-state index in [1.165, 1.54) is 19.3 Å². The van der Waals surface area contributed by atoms with Gasteiger partial charge in [0, 0.05) is 0 Å². The molecule has 15 heavy (non-hydrogen) atoms. The van der Waals surface area contributed by atoms with Gasteiger partial charge in [-0.15, -0.1) is 0 Å². The average molecular weight is 204 g/mol. The van der Waals surface area contributed by atoms with E-state index in [4.69, 9.17) is 0 Å². The van der Waals surface area contributed by atoms with E-state index >= 15 is 0 Å². The Morgan fingerprint density at radius 1 is 1.33 bits per heavy atom. The van der Waals surface area contributed by atoms with Gasteiger partial charge in [-0.25, -0.2) is 0 Å². The maximum absolute atomic E-state index is 2.58.